The normalized spacial score (nSPS) is 11.3. The van der Waals surface area contributed by atoms with Crippen molar-refractivity contribution >= 4 is 5.69 Å². The van der Waals surface area contributed by atoms with E-state index in [2.05, 4.69) is 20.1 Å². The highest BCUT2D eigenvalue weighted by Crippen LogP contribution is 2.23. The van der Waals surface area contributed by atoms with Crippen LogP contribution in [0.1, 0.15) is 11.4 Å². The highest BCUT2D eigenvalue weighted by molar-refractivity contribution is 5.48. The van der Waals surface area contributed by atoms with Gasteiger partial charge in [0, 0.05) is 11.8 Å². The van der Waals surface area contributed by atoms with Crippen LogP contribution in [0.3, 0.4) is 0 Å². The highest BCUT2D eigenvalue weighted by Gasteiger charge is 2.31. The molecular weight excluding hydrogens is 377 g/mol. The van der Waals surface area contributed by atoms with Gasteiger partial charge < -0.3 is 14.8 Å². The summed E-state index contributed by atoms with van der Waals surface area (Å²) in [5.74, 6) is 0.717. The molecule has 0 bridgehead atoms. The molecule has 148 valence electrons. The number of benzene rings is 2. The van der Waals surface area contributed by atoms with Crippen LogP contribution in [0, 0.1) is 0 Å². The summed E-state index contributed by atoms with van der Waals surface area (Å²) in [5, 5.41) is 7.26. The van der Waals surface area contributed by atoms with Crippen molar-refractivity contribution in [2.24, 2.45) is 0 Å². The molecule has 28 heavy (non-hydrogen) atoms. The van der Waals surface area contributed by atoms with Gasteiger partial charge in [-0.1, -0.05) is 18.2 Å². The maximum atomic E-state index is 12.3. The van der Waals surface area contributed by atoms with Crippen LogP contribution in [0.15, 0.2) is 53.3 Å². The summed E-state index contributed by atoms with van der Waals surface area (Å²) >= 11 is 0. The Morgan fingerprint density at radius 2 is 1.89 bits per heavy atom. The van der Waals surface area contributed by atoms with Gasteiger partial charge in [0.05, 0.1) is 20.2 Å². The highest BCUT2D eigenvalue weighted by atomic mass is 19.4. The Morgan fingerprint density at radius 1 is 1.14 bits per heavy atom. The minimum absolute atomic E-state index is 0.00352. The Balaban J connectivity index is 1.67. The molecule has 3 rings (SSSR count). The van der Waals surface area contributed by atoms with Crippen LogP contribution in [0.5, 0.6) is 11.5 Å². The fourth-order valence-electron chi connectivity index (χ4n) is 2.52. The first kappa shape index (κ1) is 19.3. The van der Waals surface area contributed by atoms with Crippen LogP contribution in [0.2, 0.25) is 0 Å². The molecule has 2 N–H and O–H groups in total. The quantitative estimate of drug-likeness (QED) is 0.644. The number of nitrogens with zero attached hydrogens (tertiary/aromatic N) is 2. The second-order valence-electron chi connectivity index (χ2n) is 5.82. The van der Waals surface area contributed by atoms with Crippen LogP contribution < -0.4 is 20.5 Å². The Hall–Kier alpha value is -3.43. The molecule has 0 aliphatic carbocycles. The molecule has 1 aromatic heterocycles. The number of halogens is 3. The van der Waals surface area contributed by atoms with Gasteiger partial charge in [-0.3, -0.25) is 4.98 Å². The number of rotatable bonds is 7. The van der Waals surface area contributed by atoms with Crippen LogP contribution in [-0.4, -0.2) is 28.2 Å². The molecule has 0 atom stereocenters. The predicted octanol–water partition coefficient (Wildman–Crippen LogP) is 3.14. The van der Waals surface area contributed by atoms with E-state index in [0.717, 1.165) is 10.4 Å². The zero-order chi connectivity index (χ0) is 20.1. The van der Waals surface area contributed by atoms with Crippen molar-refractivity contribution < 1.29 is 22.6 Å². The summed E-state index contributed by atoms with van der Waals surface area (Å²) in [7, 11) is 1.56. The molecule has 3 aromatic rings. The predicted molar refractivity (Wildman–Crippen MR) is 95.4 cm³/mol. The van der Waals surface area contributed by atoms with Gasteiger partial charge in [-0.15, -0.1) is 13.2 Å². The number of anilines is 1. The van der Waals surface area contributed by atoms with Crippen LogP contribution >= 0.6 is 0 Å². The molecule has 10 heteroatoms. The minimum atomic E-state index is -4.78. The van der Waals surface area contributed by atoms with Gasteiger partial charge in [0.25, 0.3) is 0 Å². The molecule has 0 fully saturated rings. The Morgan fingerprint density at radius 3 is 2.64 bits per heavy atom. The van der Waals surface area contributed by atoms with E-state index in [-0.39, 0.29) is 18.8 Å². The first-order chi connectivity index (χ1) is 13.3. The van der Waals surface area contributed by atoms with Crippen molar-refractivity contribution in [3.05, 3.63) is 70.4 Å². The van der Waals surface area contributed by atoms with Gasteiger partial charge in [-0.25, -0.2) is 9.48 Å². The summed E-state index contributed by atoms with van der Waals surface area (Å²) in [6.07, 6.45) is -4.78. The Bertz CT molecular complexity index is 998. The van der Waals surface area contributed by atoms with E-state index in [9.17, 15) is 18.0 Å². The molecule has 0 amide bonds. The minimum Gasteiger partial charge on any atom is -0.497 e. The molecule has 0 radical (unpaired) electrons. The van der Waals surface area contributed by atoms with Crippen molar-refractivity contribution in [2.45, 2.75) is 19.5 Å². The molecule has 7 nitrogen and oxygen atoms in total. The molecule has 0 aliphatic rings. The largest absolute Gasteiger partial charge is 0.573 e. The lowest BCUT2D eigenvalue weighted by molar-refractivity contribution is -0.274. The second-order valence-corrected chi connectivity index (χ2v) is 5.82. The monoisotopic (exact) mass is 394 g/mol. The lowest BCUT2D eigenvalue weighted by Crippen LogP contribution is -2.19. The lowest BCUT2D eigenvalue weighted by atomic mass is 10.2. The van der Waals surface area contributed by atoms with Crippen molar-refractivity contribution in [2.75, 3.05) is 12.4 Å². The molecule has 0 unspecified atom stereocenters. The van der Waals surface area contributed by atoms with E-state index < -0.39 is 12.1 Å². The Labute approximate surface area is 157 Å². The van der Waals surface area contributed by atoms with Crippen LogP contribution in [0.4, 0.5) is 18.9 Å². The zero-order valence-electron chi connectivity index (χ0n) is 14.8. The molecule has 1 heterocycles. The molecule has 0 saturated carbocycles. The number of methoxy groups -OCH3 is 1. The van der Waals surface area contributed by atoms with E-state index in [4.69, 9.17) is 4.74 Å². The van der Waals surface area contributed by atoms with Crippen molar-refractivity contribution in [3.63, 3.8) is 0 Å². The maximum Gasteiger partial charge on any atom is 0.573 e. The van der Waals surface area contributed by atoms with E-state index in [1.54, 1.807) is 25.3 Å². The van der Waals surface area contributed by atoms with Gasteiger partial charge in [0.1, 0.15) is 17.3 Å². The number of alkyl halides is 3. The van der Waals surface area contributed by atoms with Crippen molar-refractivity contribution in [1.82, 2.24) is 14.8 Å². The average Bonchev–Trinajstić information content (AvgIpc) is 2.98. The van der Waals surface area contributed by atoms with E-state index in [1.807, 2.05) is 12.1 Å². The number of H-pyrrole nitrogens is 1. The standard InChI is InChI=1S/C18H17F3N4O3/c1-27-14-6-3-5-13(9-14)22-10-16-23-17(26)25(24-16)11-12-4-2-7-15(8-12)28-18(19,20)21/h2-9,22H,10-11H2,1H3,(H,23,24,26). The number of aromatic nitrogens is 3. The average molecular weight is 394 g/mol. The van der Waals surface area contributed by atoms with Gasteiger partial charge >= 0.3 is 12.1 Å². The number of nitrogens with one attached hydrogen (secondary N) is 2. The number of aromatic amines is 1. The third kappa shape index (κ3) is 5.29. The first-order valence-electron chi connectivity index (χ1n) is 8.21. The van der Waals surface area contributed by atoms with Gasteiger partial charge in [-0.2, -0.15) is 5.10 Å². The smallest absolute Gasteiger partial charge is 0.497 e. The summed E-state index contributed by atoms with van der Waals surface area (Å²) in [6, 6.07) is 12.6. The molecule has 0 aliphatic heterocycles. The summed E-state index contributed by atoms with van der Waals surface area (Å²) in [6.45, 7) is 0.260. The second kappa shape index (κ2) is 8.07. The summed E-state index contributed by atoms with van der Waals surface area (Å²) in [4.78, 5) is 14.7. The molecule has 2 aromatic carbocycles. The third-order valence-electron chi connectivity index (χ3n) is 3.72. The van der Waals surface area contributed by atoms with Crippen molar-refractivity contribution in [3.8, 4) is 11.5 Å². The summed E-state index contributed by atoms with van der Waals surface area (Å²) < 4.78 is 47.1. The van der Waals surface area contributed by atoms with E-state index in [1.165, 1.54) is 18.2 Å². The van der Waals surface area contributed by atoms with Gasteiger partial charge in [0.15, 0.2) is 0 Å². The third-order valence-corrected chi connectivity index (χ3v) is 3.72. The molecule has 0 saturated heterocycles. The van der Waals surface area contributed by atoms with Gasteiger partial charge in [-0.05, 0) is 29.8 Å². The lowest BCUT2D eigenvalue weighted by Gasteiger charge is -2.09. The van der Waals surface area contributed by atoms with E-state index >= 15 is 0 Å². The number of ether oxygens (including phenoxy) is 2. The van der Waals surface area contributed by atoms with E-state index in [0.29, 0.717) is 17.1 Å². The first-order valence-corrected chi connectivity index (χ1v) is 8.21. The van der Waals surface area contributed by atoms with Crippen molar-refractivity contribution in [1.29, 1.82) is 0 Å². The molecular formula is C18H17F3N4O3. The summed E-state index contributed by atoms with van der Waals surface area (Å²) in [5.41, 5.74) is 0.763. The SMILES string of the molecule is COc1cccc(NCc2nn(Cc3cccc(OC(F)(F)F)c3)c(=O)[nH]2)c1. The Kier molecular flexibility index (Phi) is 5.57. The molecule has 0 spiro atoms. The topological polar surface area (TPSA) is 81.2 Å². The number of hydrogen-bond acceptors (Lipinski definition) is 5. The van der Waals surface area contributed by atoms with Crippen LogP contribution in [0.25, 0.3) is 0 Å². The zero-order valence-corrected chi connectivity index (χ0v) is 14.8. The van der Waals surface area contributed by atoms with Crippen LogP contribution in [-0.2, 0) is 13.1 Å². The fourth-order valence-corrected chi connectivity index (χ4v) is 2.52. The maximum absolute atomic E-state index is 12.3. The fraction of sp³-hybridized carbons (Fsp3) is 0.222. The van der Waals surface area contributed by atoms with Gasteiger partial charge in [0.2, 0.25) is 0 Å². The number of hydrogen-bond donors (Lipinski definition) is 2.